The zero-order valence-corrected chi connectivity index (χ0v) is 17.4. The minimum atomic E-state index is -3.84. The fraction of sp³-hybridized carbons (Fsp3) is 0.375. The number of thiazole rings is 1. The quantitative estimate of drug-likeness (QED) is 0.190. The Morgan fingerprint density at radius 3 is 2.64 bits per heavy atom. The summed E-state index contributed by atoms with van der Waals surface area (Å²) in [6, 6.07) is 4.90. The van der Waals surface area contributed by atoms with E-state index in [1.54, 1.807) is 18.4 Å². The molecule has 0 saturated carbocycles. The highest BCUT2D eigenvalue weighted by Crippen LogP contribution is 2.17. The van der Waals surface area contributed by atoms with E-state index in [0.717, 1.165) is 21.6 Å². The number of hydrogen-bond acceptors (Lipinski definition) is 7. The van der Waals surface area contributed by atoms with Crippen LogP contribution in [0, 0.1) is 24.0 Å². The van der Waals surface area contributed by atoms with Crippen LogP contribution in [0.1, 0.15) is 15.6 Å². The molecule has 0 aliphatic carbocycles. The first kappa shape index (κ1) is 21.7. The van der Waals surface area contributed by atoms with Crippen LogP contribution in [-0.2, 0) is 16.6 Å². The first-order chi connectivity index (χ1) is 13.2. The lowest BCUT2D eigenvalue weighted by Gasteiger charge is -2.11. The molecule has 0 unspecified atom stereocenters. The highest BCUT2D eigenvalue weighted by molar-refractivity contribution is 7.89. The molecule has 10 nitrogen and oxygen atoms in total. The second kappa shape index (κ2) is 9.57. The molecule has 0 amide bonds. The van der Waals surface area contributed by atoms with Crippen LogP contribution in [-0.4, -0.2) is 44.4 Å². The van der Waals surface area contributed by atoms with E-state index < -0.39 is 14.9 Å². The first-order valence-corrected chi connectivity index (χ1v) is 10.6. The van der Waals surface area contributed by atoms with Crippen LogP contribution in [0.3, 0.4) is 0 Å². The fourth-order valence-corrected chi connectivity index (χ4v) is 4.15. The number of aromatic nitrogens is 1. The topological polar surface area (TPSA) is 139 Å². The monoisotopic (exact) mass is 426 g/mol. The number of sulfonamides is 1. The average Bonchev–Trinajstić information content (AvgIpc) is 2.99. The SMILES string of the molecule is CN=C(NCCNS(=O)(=O)c1cccc([N+](=O)[O-])c1)NCc1nc(C)c(C)s1. The van der Waals surface area contributed by atoms with Gasteiger partial charge in [0.25, 0.3) is 5.69 Å². The van der Waals surface area contributed by atoms with Gasteiger partial charge in [-0.25, -0.2) is 18.1 Å². The van der Waals surface area contributed by atoms with Crippen molar-refractivity contribution in [2.75, 3.05) is 20.1 Å². The third kappa shape index (κ3) is 5.97. The minimum absolute atomic E-state index is 0.0845. The van der Waals surface area contributed by atoms with E-state index >= 15 is 0 Å². The van der Waals surface area contributed by atoms with Crippen LogP contribution < -0.4 is 15.4 Å². The van der Waals surface area contributed by atoms with Gasteiger partial charge in [0.05, 0.1) is 22.1 Å². The van der Waals surface area contributed by atoms with Crippen molar-refractivity contribution in [3.63, 3.8) is 0 Å². The number of nitro groups is 1. The van der Waals surface area contributed by atoms with Crippen molar-refractivity contribution >= 4 is 33.0 Å². The van der Waals surface area contributed by atoms with Gasteiger partial charge in [0.15, 0.2) is 5.96 Å². The Morgan fingerprint density at radius 1 is 1.29 bits per heavy atom. The molecule has 1 aromatic heterocycles. The summed E-state index contributed by atoms with van der Waals surface area (Å²) in [7, 11) is -2.23. The number of rotatable bonds is 8. The summed E-state index contributed by atoms with van der Waals surface area (Å²) in [4.78, 5) is 19.7. The molecule has 28 heavy (non-hydrogen) atoms. The number of aliphatic imine (C=N–C) groups is 1. The van der Waals surface area contributed by atoms with Crippen molar-refractivity contribution in [2.24, 2.45) is 4.99 Å². The summed E-state index contributed by atoms with van der Waals surface area (Å²) in [5.41, 5.74) is 0.721. The summed E-state index contributed by atoms with van der Waals surface area (Å²) in [6.07, 6.45) is 0. The Kier molecular flexibility index (Phi) is 7.43. The zero-order chi connectivity index (χ0) is 20.7. The molecule has 0 saturated heterocycles. The lowest BCUT2D eigenvalue weighted by Crippen LogP contribution is -2.41. The van der Waals surface area contributed by atoms with Crippen molar-refractivity contribution < 1.29 is 13.3 Å². The Bertz CT molecular complexity index is 952. The van der Waals surface area contributed by atoms with E-state index in [2.05, 4.69) is 25.3 Å². The Morgan fingerprint density at radius 2 is 2.04 bits per heavy atom. The Balaban J connectivity index is 1.83. The maximum atomic E-state index is 12.3. The molecule has 152 valence electrons. The standard InChI is InChI=1S/C16H22N6O4S2/c1-11-12(2)27-15(21-11)10-19-16(17-3)18-7-8-20-28(25,26)14-6-4-5-13(9-14)22(23)24/h4-6,9,20H,7-8,10H2,1-3H3,(H2,17,18,19). The van der Waals surface area contributed by atoms with E-state index in [4.69, 9.17) is 0 Å². The van der Waals surface area contributed by atoms with Crippen molar-refractivity contribution in [3.8, 4) is 0 Å². The Labute approximate surface area is 167 Å². The molecule has 2 aromatic rings. The number of non-ortho nitro benzene ring substituents is 1. The summed E-state index contributed by atoms with van der Waals surface area (Å²) in [5, 5.41) is 17.8. The molecule has 1 aromatic carbocycles. The van der Waals surface area contributed by atoms with Crippen LogP contribution in [0.4, 0.5) is 5.69 Å². The molecule has 2 rings (SSSR count). The number of benzene rings is 1. The summed E-state index contributed by atoms with van der Waals surface area (Å²) in [5.74, 6) is 0.514. The molecule has 1 heterocycles. The number of guanidine groups is 1. The molecule has 12 heteroatoms. The first-order valence-electron chi connectivity index (χ1n) is 8.34. The molecule has 3 N–H and O–H groups in total. The van der Waals surface area contributed by atoms with Crippen molar-refractivity contribution in [3.05, 3.63) is 50.0 Å². The number of hydrogen-bond donors (Lipinski definition) is 3. The molecule has 0 atom stereocenters. The van der Waals surface area contributed by atoms with Crippen LogP contribution in [0.25, 0.3) is 0 Å². The van der Waals surface area contributed by atoms with E-state index in [1.165, 1.54) is 18.2 Å². The van der Waals surface area contributed by atoms with Gasteiger partial charge in [0.2, 0.25) is 10.0 Å². The number of nitro benzene ring substituents is 1. The predicted octanol–water partition coefficient (Wildman–Crippen LogP) is 1.31. The average molecular weight is 427 g/mol. The van der Waals surface area contributed by atoms with Gasteiger partial charge in [-0.3, -0.25) is 15.1 Å². The van der Waals surface area contributed by atoms with Gasteiger partial charge < -0.3 is 10.6 Å². The van der Waals surface area contributed by atoms with Crippen LogP contribution in [0.2, 0.25) is 0 Å². The van der Waals surface area contributed by atoms with Gasteiger partial charge in [-0.1, -0.05) is 6.07 Å². The summed E-state index contributed by atoms with van der Waals surface area (Å²) >= 11 is 1.60. The van der Waals surface area contributed by atoms with Crippen molar-refractivity contribution in [2.45, 2.75) is 25.3 Å². The fourth-order valence-electron chi connectivity index (χ4n) is 2.21. The number of aryl methyl sites for hydroxylation is 2. The van der Waals surface area contributed by atoms with Gasteiger partial charge in [-0.2, -0.15) is 0 Å². The van der Waals surface area contributed by atoms with Gasteiger partial charge in [-0.15, -0.1) is 11.3 Å². The molecule has 0 fully saturated rings. The van der Waals surface area contributed by atoms with Gasteiger partial charge >= 0.3 is 0 Å². The zero-order valence-electron chi connectivity index (χ0n) is 15.7. The van der Waals surface area contributed by atoms with Crippen LogP contribution >= 0.6 is 11.3 Å². The van der Waals surface area contributed by atoms with Gasteiger partial charge in [0.1, 0.15) is 5.01 Å². The van der Waals surface area contributed by atoms with Gasteiger partial charge in [0, 0.05) is 37.1 Å². The molecule has 0 bridgehead atoms. The third-order valence-electron chi connectivity index (χ3n) is 3.75. The number of nitrogens with zero attached hydrogens (tertiary/aromatic N) is 3. The van der Waals surface area contributed by atoms with Crippen molar-refractivity contribution in [1.82, 2.24) is 20.3 Å². The minimum Gasteiger partial charge on any atom is -0.355 e. The van der Waals surface area contributed by atoms with Gasteiger partial charge in [-0.05, 0) is 19.9 Å². The molecule has 0 aliphatic rings. The Hall–Kier alpha value is -2.57. The van der Waals surface area contributed by atoms with E-state index in [-0.39, 0.29) is 23.7 Å². The molecular weight excluding hydrogens is 404 g/mol. The highest BCUT2D eigenvalue weighted by atomic mass is 32.2. The van der Waals surface area contributed by atoms with Crippen molar-refractivity contribution in [1.29, 1.82) is 0 Å². The largest absolute Gasteiger partial charge is 0.355 e. The van der Waals surface area contributed by atoms with E-state index in [1.807, 2.05) is 13.8 Å². The highest BCUT2D eigenvalue weighted by Gasteiger charge is 2.17. The normalized spacial score (nSPS) is 12.0. The maximum absolute atomic E-state index is 12.3. The third-order valence-corrected chi connectivity index (χ3v) is 6.28. The number of nitrogens with one attached hydrogen (secondary N) is 3. The van der Waals surface area contributed by atoms with Crippen LogP contribution in [0.5, 0.6) is 0 Å². The molecular formula is C16H22N6O4S2. The summed E-state index contributed by atoms with van der Waals surface area (Å²) < 4.78 is 26.9. The lowest BCUT2D eigenvalue weighted by molar-refractivity contribution is -0.385. The molecule has 0 radical (unpaired) electrons. The lowest BCUT2D eigenvalue weighted by atomic mass is 10.3. The van der Waals surface area contributed by atoms with E-state index in [9.17, 15) is 18.5 Å². The molecule has 0 spiro atoms. The smallest absolute Gasteiger partial charge is 0.270 e. The predicted molar refractivity (Wildman–Crippen MR) is 108 cm³/mol. The maximum Gasteiger partial charge on any atom is 0.270 e. The molecule has 0 aliphatic heterocycles. The summed E-state index contributed by atoms with van der Waals surface area (Å²) in [6.45, 7) is 4.84. The van der Waals surface area contributed by atoms with E-state index in [0.29, 0.717) is 12.5 Å². The second-order valence-electron chi connectivity index (χ2n) is 5.75. The second-order valence-corrected chi connectivity index (χ2v) is 8.81. The van der Waals surface area contributed by atoms with Crippen LogP contribution in [0.15, 0.2) is 34.2 Å².